The second kappa shape index (κ2) is 58.9. The summed E-state index contributed by atoms with van der Waals surface area (Å²) in [6.45, 7) is 6.47. The van der Waals surface area contributed by atoms with Crippen molar-refractivity contribution in [3.05, 3.63) is 97.2 Å². The lowest BCUT2D eigenvalue weighted by Gasteiger charge is -2.18. The zero-order chi connectivity index (χ0) is 51.4. The van der Waals surface area contributed by atoms with Gasteiger partial charge in [0, 0.05) is 19.3 Å². The molecule has 0 saturated carbocycles. The van der Waals surface area contributed by atoms with E-state index in [0.717, 1.165) is 109 Å². The van der Waals surface area contributed by atoms with Crippen molar-refractivity contribution in [3.63, 3.8) is 0 Å². The average Bonchev–Trinajstić information content (AvgIpc) is 3.37. The van der Waals surface area contributed by atoms with Crippen molar-refractivity contribution in [1.29, 1.82) is 0 Å². The van der Waals surface area contributed by atoms with E-state index < -0.39 is 6.10 Å². The van der Waals surface area contributed by atoms with Crippen LogP contribution in [-0.4, -0.2) is 37.2 Å². The molecule has 0 aliphatic carbocycles. The standard InChI is InChI=1S/C65H110O6/c1-4-7-10-13-16-19-22-25-28-31-33-35-37-40-43-46-49-52-55-58-64(67)70-61-62(60-69-63(66)57-54-51-48-45-42-39-36-30-27-24-21-18-15-12-9-6-3)71-65(68)59-56-53-50-47-44-41-38-34-32-29-26-23-20-17-14-11-8-5-2/h9,12,17-18,20-21,23,26-27,29-34,38,62H,4-8,10-11,13-16,19,22,24-25,28,35-37,39-61H2,1-3H3/b12-9-,20-17-,21-18-,26-23-,30-27-,32-29-,33-31-,38-34-. The zero-order valence-electron chi connectivity index (χ0n) is 46.5. The van der Waals surface area contributed by atoms with Gasteiger partial charge in [0.1, 0.15) is 13.2 Å². The van der Waals surface area contributed by atoms with E-state index in [0.29, 0.717) is 19.3 Å². The molecule has 0 aromatic rings. The van der Waals surface area contributed by atoms with Gasteiger partial charge in [0.2, 0.25) is 0 Å². The van der Waals surface area contributed by atoms with Crippen LogP contribution in [0, 0.1) is 0 Å². The molecule has 0 fully saturated rings. The van der Waals surface area contributed by atoms with Crippen molar-refractivity contribution in [2.24, 2.45) is 0 Å². The minimum absolute atomic E-state index is 0.0941. The van der Waals surface area contributed by atoms with Crippen LogP contribution in [0.1, 0.15) is 278 Å². The number of hydrogen-bond acceptors (Lipinski definition) is 6. The maximum atomic E-state index is 12.9. The topological polar surface area (TPSA) is 78.9 Å². The van der Waals surface area contributed by atoms with Gasteiger partial charge in [0.15, 0.2) is 6.10 Å². The Kier molecular flexibility index (Phi) is 55.9. The lowest BCUT2D eigenvalue weighted by atomic mass is 10.1. The van der Waals surface area contributed by atoms with Crippen molar-refractivity contribution in [2.75, 3.05) is 13.2 Å². The smallest absolute Gasteiger partial charge is 0.306 e. The molecule has 6 heteroatoms. The summed E-state index contributed by atoms with van der Waals surface area (Å²) in [5, 5.41) is 0. The lowest BCUT2D eigenvalue weighted by molar-refractivity contribution is -0.167. The van der Waals surface area contributed by atoms with Gasteiger partial charge in [-0.25, -0.2) is 0 Å². The molecule has 0 aromatic heterocycles. The Hall–Kier alpha value is -3.67. The SMILES string of the molecule is CC/C=C\C/C=C\C/C=C\CCCCCCCCC(=O)OCC(COC(=O)CCCCCCCCC/C=C\CCCCCCCCCC)OC(=O)CCCCCCC\C=C/C=C\C=C/C=C\CCCCC. The monoisotopic (exact) mass is 987 g/mol. The molecule has 71 heavy (non-hydrogen) atoms. The fraction of sp³-hybridized carbons (Fsp3) is 0.708. The molecule has 0 rings (SSSR count). The second-order valence-corrected chi connectivity index (χ2v) is 19.6. The molecular formula is C65H110O6. The van der Waals surface area contributed by atoms with Crippen molar-refractivity contribution in [2.45, 2.75) is 284 Å². The highest BCUT2D eigenvalue weighted by molar-refractivity contribution is 5.71. The largest absolute Gasteiger partial charge is 0.462 e. The number of allylic oxidation sites excluding steroid dienone is 16. The quantitative estimate of drug-likeness (QED) is 0.0199. The highest BCUT2D eigenvalue weighted by atomic mass is 16.6. The number of ether oxygens (including phenoxy) is 3. The number of esters is 3. The third-order valence-electron chi connectivity index (χ3n) is 12.6. The molecule has 0 aromatic carbocycles. The minimum Gasteiger partial charge on any atom is -0.462 e. The van der Waals surface area contributed by atoms with E-state index in [1.807, 2.05) is 0 Å². The summed E-state index contributed by atoms with van der Waals surface area (Å²) in [6, 6.07) is 0. The number of carbonyl (C=O) groups excluding carboxylic acids is 3. The van der Waals surface area contributed by atoms with Gasteiger partial charge in [-0.05, 0) is 103 Å². The van der Waals surface area contributed by atoms with Crippen LogP contribution in [0.25, 0.3) is 0 Å². The van der Waals surface area contributed by atoms with Crippen molar-refractivity contribution >= 4 is 17.9 Å². The Morgan fingerprint density at radius 3 is 1.03 bits per heavy atom. The van der Waals surface area contributed by atoms with E-state index in [4.69, 9.17) is 14.2 Å². The Morgan fingerprint density at radius 1 is 0.310 bits per heavy atom. The van der Waals surface area contributed by atoms with Gasteiger partial charge in [-0.15, -0.1) is 0 Å². The molecule has 0 saturated heterocycles. The highest BCUT2D eigenvalue weighted by Crippen LogP contribution is 2.15. The molecule has 1 atom stereocenters. The van der Waals surface area contributed by atoms with Crippen LogP contribution < -0.4 is 0 Å². The first-order valence-electron chi connectivity index (χ1n) is 29.8. The molecule has 0 heterocycles. The Balaban J connectivity index is 4.46. The van der Waals surface area contributed by atoms with Gasteiger partial charge in [0.05, 0.1) is 0 Å². The predicted octanol–water partition coefficient (Wildman–Crippen LogP) is 20.1. The van der Waals surface area contributed by atoms with E-state index in [1.165, 1.54) is 128 Å². The van der Waals surface area contributed by atoms with Gasteiger partial charge in [0.25, 0.3) is 0 Å². The van der Waals surface area contributed by atoms with E-state index in [1.54, 1.807) is 0 Å². The second-order valence-electron chi connectivity index (χ2n) is 19.6. The van der Waals surface area contributed by atoms with Gasteiger partial charge in [-0.3, -0.25) is 14.4 Å². The fourth-order valence-corrected chi connectivity index (χ4v) is 8.17. The zero-order valence-corrected chi connectivity index (χ0v) is 46.5. The van der Waals surface area contributed by atoms with Crippen molar-refractivity contribution < 1.29 is 28.6 Å². The van der Waals surface area contributed by atoms with Crippen molar-refractivity contribution in [1.82, 2.24) is 0 Å². The number of carbonyl (C=O) groups is 3. The van der Waals surface area contributed by atoms with E-state index in [2.05, 4.69) is 118 Å². The molecule has 6 nitrogen and oxygen atoms in total. The summed E-state index contributed by atoms with van der Waals surface area (Å²) >= 11 is 0. The first-order chi connectivity index (χ1) is 35.0. The Morgan fingerprint density at radius 2 is 0.606 bits per heavy atom. The maximum Gasteiger partial charge on any atom is 0.306 e. The van der Waals surface area contributed by atoms with Gasteiger partial charge < -0.3 is 14.2 Å². The molecule has 0 aliphatic rings. The molecule has 0 N–H and O–H groups in total. The van der Waals surface area contributed by atoms with Crippen LogP contribution in [0.5, 0.6) is 0 Å². The van der Waals surface area contributed by atoms with Gasteiger partial charge in [-0.2, -0.15) is 0 Å². The summed E-state index contributed by atoms with van der Waals surface area (Å²) in [4.78, 5) is 38.2. The van der Waals surface area contributed by atoms with Crippen LogP contribution in [0.15, 0.2) is 97.2 Å². The first-order valence-corrected chi connectivity index (χ1v) is 29.8. The summed E-state index contributed by atoms with van der Waals surface area (Å²) in [5.74, 6) is -0.929. The predicted molar refractivity (Wildman–Crippen MR) is 307 cm³/mol. The molecule has 406 valence electrons. The third-order valence-corrected chi connectivity index (χ3v) is 12.6. The summed E-state index contributed by atoms with van der Waals surface area (Å²) < 4.78 is 16.9. The molecule has 0 radical (unpaired) electrons. The Bertz CT molecular complexity index is 1410. The third kappa shape index (κ3) is 57.1. The van der Waals surface area contributed by atoms with Crippen LogP contribution in [0.2, 0.25) is 0 Å². The molecule has 0 bridgehead atoms. The Labute approximate surface area is 438 Å². The summed E-state index contributed by atoms with van der Waals surface area (Å²) in [7, 11) is 0. The van der Waals surface area contributed by atoms with Crippen LogP contribution in [0.4, 0.5) is 0 Å². The normalized spacial score (nSPS) is 12.8. The molecule has 0 aliphatic heterocycles. The molecule has 0 amide bonds. The highest BCUT2D eigenvalue weighted by Gasteiger charge is 2.19. The summed E-state index contributed by atoms with van der Waals surface area (Å²) in [5.41, 5.74) is 0. The fourth-order valence-electron chi connectivity index (χ4n) is 8.17. The van der Waals surface area contributed by atoms with E-state index in [-0.39, 0.29) is 31.1 Å². The van der Waals surface area contributed by atoms with Crippen LogP contribution >= 0.6 is 0 Å². The van der Waals surface area contributed by atoms with Crippen molar-refractivity contribution in [3.8, 4) is 0 Å². The van der Waals surface area contributed by atoms with E-state index in [9.17, 15) is 14.4 Å². The summed E-state index contributed by atoms with van der Waals surface area (Å²) in [6.07, 6.45) is 78.2. The maximum absolute atomic E-state index is 12.9. The number of hydrogen-bond donors (Lipinski definition) is 0. The van der Waals surface area contributed by atoms with Crippen LogP contribution in [0.3, 0.4) is 0 Å². The number of unbranched alkanes of at least 4 members (excludes halogenated alkanes) is 29. The molecule has 1 unspecified atom stereocenters. The van der Waals surface area contributed by atoms with Crippen LogP contribution in [-0.2, 0) is 28.6 Å². The molecule has 0 spiro atoms. The van der Waals surface area contributed by atoms with Gasteiger partial charge >= 0.3 is 17.9 Å². The van der Waals surface area contributed by atoms with E-state index >= 15 is 0 Å². The minimum atomic E-state index is -0.799. The average molecular weight is 988 g/mol. The lowest BCUT2D eigenvalue weighted by Crippen LogP contribution is -2.30. The first kappa shape index (κ1) is 67.3. The van der Waals surface area contributed by atoms with Gasteiger partial charge in [-0.1, -0.05) is 253 Å². The number of rotatable bonds is 53. The molecular weight excluding hydrogens is 877 g/mol.